The second-order valence-corrected chi connectivity index (χ2v) is 8.61. The molecule has 2 aromatic rings. The number of piperazine rings is 1. The molecule has 0 aromatic heterocycles. The lowest BCUT2D eigenvalue weighted by Gasteiger charge is -2.33. The van der Waals surface area contributed by atoms with Crippen LogP contribution < -0.4 is 4.74 Å². The van der Waals surface area contributed by atoms with E-state index in [1.165, 1.54) is 5.56 Å². The summed E-state index contributed by atoms with van der Waals surface area (Å²) >= 11 is 0. The Balaban J connectivity index is 1.43. The lowest BCUT2D eigenvalue weighted by molar-refractivity contribution is 0.159. The number of rotatable bonds is 7. The zero-order valence-corrected chi connectivity index (χ0v) is 16.0. The van der Waals surface area contributed by atoms with E-state index >= 15 is 0 Å². The quantitative estimate of drug-likeness (QED) is 0.747. The van der Waals surface area contributed by atoms with Gasteiger partial charge in [0.25, 0.3) is 0 Å². The number of nitrogens with zero attached hydrogens (tertiary/aromatic N) is 2. The molecular formula is C20H26N2O3S. The molecule has 0 bridgehead atoms. The minimum atomic E-state index is -3.25. The van der Waals surface area contributed by atoms with Crippen molar-refractivity contribution in [2.75, 3.05) is 39.3 Å². The van der Waals surface area contributed by atoms with Gasteiger partial charge in [-0.2, -0.15) is 4.31 Å². The maximum absolute atomic E-state index is 12.6. The molecule has 3 rings (SSSR count). The van der Waals surface area contributed by atoms with Crippen LogP contribution in [0.25, 0.3) is 0 Å². The molecule has 26 heavy (non-hydrogen) atoms. The average Bonchev–Trinajstić information content (AvgIpc) is 2.64. The fourth-order valence-corrected chi connectivity index (χ4v) is 4.55. The molecule has 1 saturated heterocycles. The number of ether oxygens (including phenoxy) is 1. The third-order valence-corrected chi connectivity index (χ3v) is 6.46. The van der Waals surface area contributed by atoms with Crippen LogP contribution in [0.3, 0.4) is 0 Å². The summed E-state index contributed by atoms with van der Waals surface area (Å²) in [7, 11) is -3.25. The fourth-order valence-electron chi connectivity index (χ4n) is 3.03. The van der Waals surface area contributed by atoms with Crippen LogP contribution in [-0.4, -0.2) is 57.0 Å². The van der Waals surface area contributed by atoms with Crippen LogP contribution in [0.5, 0.6) is 5.75 Å². The molecule has 6 heteroatoms. The second-order valence-electron chi connectivity index (χ2n) is 6.64. The van der Waals surface area contributed by atoms with E-state index < -0.39 is 10.0 Å². The number of sulfonamides is 1. The molecule has 5 nitrogen and oxygen atoms in total. The van der Waals surface area contributed by atoms with Crippen molar-refractivity contribution in [3.8, 4) is 5.75 Å². The van der Waals surface area contributed by atoms with Gasteiger partial charge in [0.15, 0.2) is 0 Å². The smallest absolute Gasteiger partial charge is 0.218 e. The van der Waals surface area contributed by atoms with Crippen molar-refractivity contribution in [2.24, 2.45) is 0 Å². The number of hydrogen-bond donors (Lipinski definition) is 0. The van der Waals surface area contributed by atoms with Crippen molar-refractivity contribution < 1.29 is 13.2 Å². The van der Waals surface area contributed by atoms with Gasteiger partial charge in [0, 0.05) is 32.7 Å². The maximum Gasteiger partial charge on any atom is 0.218 e. The van der Waals surface area contributed by atoms with Crippen LogP contribution in [0.4, 0.5) is 0 Å². The Morgan fingerprint density at radius 3 is 2.23 bits per heavy atom. The van der Waals surface area contributed by atoms with Crippen LogP contribution in [0.2, 0.25) is 0 Å². The standard InChI is InChI=1S/C20H26N2O3S/c1-18-7-9-20(10-8-18)25-16-15-21-11-13-22(14-12-21)26(23,24)17-19-5-3-2-4-6-19/h2-10H,11-17H2,1H3. The van der Waals surface area contributed by atoms with Gasteiger partial charge in [-0.1, -0.05) is 48.0 Å². The van der Waals surface area contributed by atoms with Crippen molar-refractivity contribution in [2.45, 2.75) is 12.7 Å². The average molecular weight is 375 g/mol. The van der Waals surface area contributed by atoms with Crippen LogP contribution in [-0.2, 0) is 15.8 Å². The van der Waals surface area contributed by atoms with Gasteiger partial charge in [-0.3, -0.25) is 4.90 Å². The molecule has 0 unspecified atom stereocenters. The van der Waals surface area contributed by atoms with Gasteiger partial charge in [0.2, 0.25) is 10.0 Å². The van der Waals surface area contributed by atoms with E-state index in [9.17, 15) is 8.42 Å². The number of hydrogen-bond acceptors (Lipinski definition) is 4. The van der Waals surface area contributed by atoms with E-state index in [1.807, 2.05) is 54.6 Å². The first-order chi connectivity index (χ1) is 12.5. The van der Waals surface area contributed by atoms with Crippen LogP contribution in [0.1, 0.15) is 11.1 Å². The van der Waals surface area contributed by atoms with E-state index in [0.29, 0.717) is 19.7 Å². The van der Waals surface area contributed by atoms with Crippen LogP contribution in [0, 0.1) is 6.92 Å². The summed E-state index contributed by atoms with van der Waals surface area (Å²) in [6, 6.07) is 17.4. The zero-order chi connectivity index (χ0) is 18.4. The number of benzene rings is 2. The molecular weight excluding hydrogens is 348 g/mol. The molecule has 2 aromatic carbocycles. The lowest BCUT2D eigenvalue weighted by Crippen LogP contribution is -2.49. The second kappa shape index (κ2) is 8.66. The normalized spacial score (nSPS) is 16.5. The molecule has 1 aliphatic heterocycles. The molecule has 0 spiro atoms. The first-order valence-corrected chi connectivity index (χ1v) is 10.6. The molecule has 140 valence electrons. The Morgan fingerprint density at radius 2 is 1.58 bits per heavy atom. The van der Waals surface area contributed by atoms with Gasteiger partial charge in [-0.25, -0.2) is 8.42 Å². The Labute approximate surface area is 156 Å². The highest BCUT2D eigenvalue weighted by Gasteiger charge is 2.26. The third-order valence-electron chi connectivity index (χ3n) is 4.61. The molecule has 0 N–H and O–H groups in total. The summed E-state index contributed by atoms with van der Waals surface area (Å²) in [5.74, 6) is 0.948. The number of aryl methyl sites for hydroxylation is 1. The molecule has 1 heterocycles. The highest BCUT2D eigenvalue weighted by atomic mass is 32.2. The zero-order valence-electron chi connectivity index (χ0n) is 15.2. The first kappa shape index (κ1) is 18.9. The molecule has 0 saturated carbocycles. The molecule has 0 aliphatic carbocycles. The summed E-state index contributed by atoms with van der Waals surface area (Å²) in [6.07, 6.45) is 0. The Bertz CT molecular complexity index is 784. The predicted octanol–water partition coefficient (Wildman–Crippen LogP) is 2.52. The Kier molecular flexibility index (Phi) is 6.29. The Morgan fingerprint density at radius 1 is 0.923 bits per heavy atom. The highest BCUT2D eigenvalue weighted by Crippen LogP contribution is 2.14. The molecule has 0 amide bonds. The summed E-state index contributed by atoms with van der Waals surface area (Å²) in [6.45, 7) is 6.03. The van der Waals surface area contributed by atoms with E-state index in [-0.39, 0.29) is 5.75 Å². The minimum absolute atomic E-state index is 0.0738. The molecule has 1 fully saturated rings. The monoisotopic (exact) mass is 374 g/mol. The molecule has 0 atom stereocenters. The summed E-state index contributed by atoms with van der Waals surface area (Å²) < 4.78 is 32.5. The predicted molar refractivity (Wildman–Crippen MR) is 104 cm³/mol. The van der Waals surface area contributed by atoms with Crippen molar-refractivity contribution >= 4 is 10.0 Å². The van der Waals surface area contributed by atoms with Crippen molar-refractivity contribution in [1.82, 2.24) is 9.21 Å². The lowest BCUT2D eigenvalue weighted by atomic mass is 10.2. The van der Waals surface area contributed by atoms with Crippen LogP contribution >= 0.6 is 0 Å². The highest BCUT2D eigenvalue weighted by molar-refractivity contribution is 7.88. The van der Waals surface area contributed by atoms with E-state index in [0.717, 1.165) is 30.9 Å². The van der Waals surface area contributed by atoms with Gasteiger partial charge in [0.1, 0.15) is 12.4 Å². The molecule has 1 aliphatic rings. The van der Waals surface area contributed by atoms with Gasteiger partial charge >= 0.3 is 0 Å². The van der Waals surface area contributed by atoms with Gasteiger partial charge in [0.05, 0.1) is 5.75 Å². The summed E-state index contributed by atoms with van der Waals surface area (Å²) in [5, 5.41) is 0. The largest absolute Gasteiger partial charge is 0.492 e. The van der Waals surface area contributed by atoms with Gasteiger partial charge in [-0.15, -0.1) is 0 Å². The Hall–Kier alpha value is -1.89. The van der Waals surface area contributed by atoms with Crippen molar-refractivity contribution in [3.63, 3.8) is 0 Å². The van der Waals surface area contributed by atoms with Crippen molar-refractivity contribution in [1.29, 1.82) is 0 Å². The minimum Gasteiger partial charge on any atom is -0.492 e. The molecule has 0 radical (unpaired) electrons. The topological polar surface area (TPSA) is 49.9 Å². The van der Waals surface area contributed by atoms with E-state index in [1.54, 1.807) is 4.31 Å². The first-order valence-electron chi connectivity index (χ1n) is 8.96. The SMILES string of the molecule is Cc1ccc(OCCN2CCN(S(=O)(=O)Cc3ccccc3)CC2)cc1. The van der Waals surface area contributed by atoms with Gasteiger partial charge in [-0.05, 0) is 24.6 Å². The summed E-state index contributed by atoms with van der Waals surface area (Å²) in [4.78, 5) is 2.25. The fraction of sp³-hybridized carbons (Fsp3) is 0.400. The van der Waals surface area contributed by atoms with Crippen LogP contribution in [0.15, 0.2) is 54.6 Å². The van der Waals surface area contributed by atoms with Gasteiger partial charge < -0.3 is 4.74 Å². The van der Waals surface area contributed by atoms with E-state index in [2.05, 4.69) is 11.8 Å². The van der Waals surface area contributed by atoms with Crippen molar-refractivity contribution in [3.05, 3.63) is 65.7 Å². The maximum atomic E-state index is 12.6. The summed E-state index contributed by atoms with van der Waals surface area (Å²) in [5.41, 5.74) is 2.05. The third kappa shape index (κ3) is 5.30. The van der Waals surface area contributed by atoms with E-state index in [4.69, 9.17) is 4.74 Å².